The van der Waals surface area contributed by atoms with E-state index in [-0.39, 0.29) is 17.3 Å². The maximum Gasteiger partial charge on any atom is 0.251 e. The third-order valence-electron chi connectivity index (χ3n) is 4.05. The van der Waals surface area contributed by atoms with Crippen LogP contribution in [0.2, 0.25) is 0 Å². The summed E-state index contributed by atoms with van der Waals surface area (Å²) < 4.78 is 26.6. The predicted octanol–water partition coefficient (Wildman–Crippen LogP) is 1.12. The Morgan fingerprint density at radius 2 is 1.68 bits per heavy atom. The molecule has 2 N–H and O–H groups in total. The molecule has 1 saturated heterocycles. The van der Waals surface area contributed by atoms with Gasteiger partial charge in [0.1, 0.15) is 0 Å². The quantitative estimate of drug-likeness (QED) is 0.755. The Kier molecular flexibility index (Phi) is 6.95. The SMILES string of the molecule is CCCNC(=O)CNC(=O)c1ccc(S(=O)(=O)N2CCCCC2)cc1. The molecule has 0 atom stereocenters. The van der Waals surface area contributed by atoms with Crippen LogP contribution in [0.25, 0.3) is 0 Å². The van der Waals surface area contributed by atoms with Crippen LogP contribution in [-0.4, -0.2) is 50.7 Å². The van der Waals surface area contributed by atoms with Gasteiger partial charge in [0.25, 0.3) is 5.91 Å². The van der Waals surface area contributed by atoms with Gasteiger partial charge < -0.3 is 10.6 Å². The van der Waals surface area contributed by atoms with Crippen molar-refractivity contribution in [2.75, 3.05) is 26.2 Å². The number of piperidine rings is 1. The zero-order valence-electron chi connectivity index (χ0n) is 14.5. The summed E-state index contributed by atoms with van der Waals surface area (Å²) in [6, 6.07) is 5.82. The van der Waals surface area contributed by atoms with E-state index in [0.717, 1.165) is 25.7 Å². The Morgan fingerprint density at radius 3 is 2.28 bits per heavy atom. The van der Waals surface area contributed by atoms with E-state index in [2.05, 4.69) is 10.6 Å². The molecule has 7 nitrogen and oxygen atoms in total. The van der Waals surface area contributed by atoms with Crippen LogP contribution in [0.5, 0.6) is 0 Å². The van der Waals surface area contributed by atoms with Gasteiger partial charge in [0.05, 0.1) is 11.4 Å². The zero-order chi connectivity index (χ0) is 18.3. The average Bonchev–Trinajstić information content (AvgIpc) is 2.65. The van der Waals surface area contributed by atoms with Crippen LogP contribution in [0.4, 0.5) is 0 Å². The minimum Gasteiger partial charge on any atom is -0.355 e. The molecule has 1 heterocycles. The molecule has 8 heteroatoms. The highest BCUT2D eigenvalue weighted by Crippen LogP contribution is 2.20. The number of carbonyl (C=O) groups excluding carboxylic acids is 2. The molecule has 1 fully saturated rings. The maximum atomic E-state index is 12.6. The molecular weight excluding hydrogens is 342 g/mol. The monoisotopic (exact) mass is 367 g/mol. The Balaban J connectivity index is 1.96. The van der Waals surface area contributed by atoms with Crippen molar-refractivity contribution < 1.29 is 18.0 Å². The number of sulfonamides is 1. The van der Waals surface area contributed by atoms with Crippen molar-refractivity contribution in [3.05, 3.63) is 29.8 Å². The van der Waals surface area contributed by atoms with E-state index in [1.807, 2.05) is 6.92 Å². The molecule has 0 aliphatic carbocycles. The second-order valence-electron chi connectivity index (χ2n) is 6.02. The van der Waals surface area contributed by atoms with Crippen molar-refractivity contribution in [1.82, 2.24) is 14.9 Å². The van der Waals surface area contributed by atoms with Gasteiger partial charge in [-0.1, -0.05) is 13.3 Å². The Morgan fingerprint density at radius 1 is 1.04 bits per heavy atom. The number of nitrogens with zero attached hydrogens (tertiary/aromatic N) is 1. The number of benzene rings is 1. The fourth-order valence-electron chi connectivity index (χ4n) is 2.62. The first kappa shape index (κ1) is 19.4. The molecule has 2 rings (SSSR count). The average molecular weight is 367 g/mol. The maximum absolute atomic E-state index is 12.6. The Hall–Kier alpha value is -1.93. The molecule has 0 radical (unpaired) electrons. The first-order valence-electron chi connectivity index (χ1n) is 8.60. The van der Waals surface area contributed by atoms with Crippen LogP contribution in [0.1, 0.15) is 43.0 Å². The van der Waals surface area contributed by atoms with E-state index in [9.17, 15) is 18.0 Å². The Bertz CT molecular complexity index is 695. The Labute approximate surface area is 148 Å². The summed E-state index contributed by atoms with van der Waals surface area (Å²) in [7, 11) is -3.50. The molecule has 1 aromatic carbocycles. The highest BCUT2D eigenvalue weighted by Gasteiger charge is 2.25. The molecule has 25 heavy (non-hydrogen) atoms. The van der Waals surface area contributed by atoms with E-state index in [1.54, 1.807) is 0 Å². The van der Waals surface area contributed by atoms with Crippen LogP contribution in [0.3, 0.4) is 0 Å². The fraction of sp³-hybridized carbons (Fsp3) is 0.529. The number of rotatable bonds is 7. The van der Waals surface area contributed by atoms with Crippen LogP contribution < -0.4 is 10.6 Å². The van der Waals surface area contributed by atoms with Crippen molar-refractivity contribution in [3.63, 3.8) is 0 Å². The fourth-order valence-corrected chi connectivity index (χ4v) is 4.14. The summed E-state index contributed by atoms with van der Waals surface area (Å²) in [6.07, 6.45) is 3.63. The number of amides is 2. The van der Waals surface area contributed by atoms with Gasteiger partial charge in [-0.15, -0.1) is 0 Å². The molecular formula is C17H25N3O4S. The van der Waals surface area contributed by atoms with Gasteiger partial charge >= 0.3 is 0 Å². The van der Waals surface area contributed by atoms with E-state index in [1.165, 1.54) is 28.6 Å². The summed E-state index contributed by atoms with van der Waals surface area (Å²) >= 11 is 0. The lowest BCUT2D eigenvalue weighted by Gasteiger charge is -2.25. The molecule has 0 aromatic heterocycles. The van der Waals surface area contributed by atoms with Gasteiger partial charge in [0, 0.05) is 25.2 Å². The number of carbonyl (C=O) groups is 2. The third-order valence-corrected chi connectivity index (χ3v) is 5.96. The molecule has 0 unspecified atom stereocenters. The first-order chi connectivity index (χ1) is 11.9. The molecule has 0 spiro atoms. The van der Waals surface area contributed by atoms with Crippen LogP contribution >= 0.6 is 0 Å². The molecule has 2 amide bonds. The van der Waals surface area contributed by atoms with Crippen molar-refractivity contribution in [2.45, 2.75) is 37.5 Å². The number of hydrogen-bond donors (Lipinski definition) is 2. The third kappa shape index (κ3) is 5.27. The van der Waals surface area contributed by atoms with Crippen molar-refractivity contribution >= 4 is 21.8 Å². The topological polar surface area (TPSA) is 95.6 Å². The minimum atomic E-state index is -3.50. The molecule has 1 aliphatic rings. The molecule has 0 saturated carbocycles. The van der Waals surface area contributed by atoms with E-state index in [4.69, 9.17) is 0 Å². The standard InChI is InChI=1S/C17H25N3O4S/c1-2-10-18-16(21)13-19-17(22)14-6-8-15(9-7-14)25(23,24)20-11-4-3-5-12-20/h6-9H,2-5,10-13H2,1H3,(H,18,21)(H,19,22). The lowest BCUT2D eigenvalue weighted by atomic mass is 10.2. The summed E-state index contributed by atoms with van der Waals surface area (Å²) in [5.41, 5.74) is 0.320. The van der Waals surface area contributed by atoms with Gasteiger partial charge in [-0.3, -0.25) is 9.59 Å². The first-order valence-corrected chi connectivity index (χ1v) is 10.0. The zero-order valence-corrected chi connectivity index (χ0v) is 15.3. The second-order valence-corrected chi connectivity index (χ2v) is 7.96. The highest BCUT2D eigenvalue weighted by molar-refractivity contribution is 7.89. The number of hydrogen-bond acceptors (Lipinski definition) is 4. The summed E-state index contributed by atoms with van der Waals surface area (Å²) in [5.74, 6) is -0.659. The molecule has 0 bridgehead atoms. The molecule has 138 valence electrons. The summed E-state index contributed by atoms with van der Waals surface area (Å²) in [6.45, 7) is 3.48. The molecule has 1 aliphatic heterocycles. The lowest BCUT2D eigenvalue weighted by Crippen LogP contribution is -2.37. The van der Waals surface area contributed by atoms with E-state index in [0.29, 0.717) is 25.2 Å². The van der Waals surface area contributed by atoms with Gasteiger partial charge in [0.15, 0.2) is 0 Å². The minimum absolute atomic E-state index is 0.105. The van der Waals surface area contributed by atoms with Crippen molar-refractivity contribution in [3.8, 4) is 0 Å². The van der Waals surface area contributed by atoms with Gasteiger partial charge in [-0.2, -0.15) is 4.31 Å². The van der Waals surface area contributed by atoms with E-state index >= 15 is 0 Å². The smallest absolute Gasteiger partial charge is 0.251 e. The van der Waals surface area contributed by atoms with E-state index < -0.39 is 15.9 Å². The predicted molar refractivity (Wildman–Crippen MR) is 94.7 cm³/mol. The van der Waals surface area contributed by atoms with Crippen LogP contribution in [0.15, 0.2) is 29.2 Å². The second kappa shape index (κ2) is 8.96. The van der Waals surface area contributed by atoms with Gasteiger partial charge in [-0.25, -0.2) is 8.42 Å². The van der Waals surface area contributed by atoms with Crippen molar-refractivity contribution in [1.29, 1.82) is 0 Å². The molecule has 1 aromatic rings. The van der Waals surface area contributed by atoms with Crippen LogP contribution in [0, 0.1) is 0 Å². The normalized spacial score (nSPS) is 15.6. The summed E-state index contributed by atoms with van der Waals surface area (Å²) in [4.78, 5) is 23.7. The number of nitrogens with one attached hydrogen (secondary N) is 2. The van der Waals surface area contributed by atoms with Crippen molar-refractivity contribution in [2.24, 2.45) is 0 Å². The summed E-state index contributed by atoms with van der Waals surface area (Å²) in [5, 5.41) is 5.18. The van der Waals surface area contributed by atoms with Gasteiger partial charge in [0.2, 0.25) is 15.9 Å². The lowest BCUT2D eigenvalue weighted by molar-refractivity contribution is -0.120. The highest BCUT2D eigenvalue weighted by atomic mass is 32.2. The van der Waals surface area contributed by atoms with Gasteiger partial charge in [-0.05, 0) is 43.5 Å². The largest absolute Gasteiger partial charge is 0.355 e. The van der Waals surface area contributed by atoms with Crippen LogP contribution in [-0.2, 0) is 14.8 Å².